The Balaban J connectivity index is 1.57. The molecule has 2 bridgehead atoms. The first-order valence-corrected chi connectivity index (χ1v) is 6.91. The van der Waals surface area contributed by atoms with Gasteiger partial charge in [0.1, 0.15) is 0 Å². The highest BCUT2D eigenvalue weighted by Crippen LogP contribution is 2.35. The highest BCUT2D eigenvalue weighted by molar-refractivity contribution is 5.17. The quantitative estimate of drug-likeness (QED) is 0.834. The summed E-state index contributed by atoms with van der Waals surface area (Å²) in [5.41, 5.74) is 0.699. The van der Waals surface area contributed by atoms with Gasteiger partial charge in [-0.05, 0) is 50.4 Å². The first-order valence-electron chi connectivity index (χ1n) is 6.91. The maximum Gasteiger partial charge on any atom is 0.159 e. The number of halogens is 2. The van der Waals surface area contributed by atoms with Crippen molar-refractivity contribution in [3.63, 3.8) is 0 Å². The second-order valence-electron chi connectivity index (χ2n) is 5.70. The van der Waals surface area contributed by atoms with Crippen molar-refractivity contribution >= 4 is 0 Å². The van der Waals surface area contributed by atoms with Crippen LogP contribution < -0.4 is 0 Å². The molecule has 1 aromatic carbocycles. The molecule has 0 spiro atoms. The fraction of sp³-hybridized carbons (Fsp3) is 0.600. The van der Waals surface area contributed by atoms with Crippen molar-refractivity contribution < 1.29 is 13.5 Å². The van der Waals surface area contributed by atoms with Crippen LogP contribution in [0.1, 0.15) is 31.2 Å². The summed E-state index contributed by atoms with van der Waals surface area (Å²) in [6.45, 7) is 0.366. The highest BCUT2D eigenvalue weighted by Gasteiger charge is 2.38. The lowest BCUT2D eigenvalue weighted by molar-refractivity contribution is -0.0212. The largest absolute Gasteiger partial charge is 0.373 e. The van der Waals surface area contributed by atoms with Gasteiger partial charge in [-0.25, -0.2) is 8.78 Å². The minimum atomic E-state index is -0.805. The van der Waals surface area contributed by atoms with Gasteiger partial charge in [0.25, 0.3) is 0 Å². The lowest BCUT2D eigenvalue weighted by Crippen LogP contribution is -2.42. The summed E-state index contributed by atoms with van der Waals surface area (Å²) in [5.74, 6) is -1.61. The maximum atomic E-state index is 13.1. The van der Waals surface area contributed by atoms with E-state index < -0.39 is 11.6 Å². The zero-order valence-electron chi connectivity index (χ0n) is 11.1. The molecule has 19 heavy (non-hydrogen) atoms. The number of fused-ring (bicyclic) bond motifs is 2. The van der Waals surface area contributed by atoms with E-state index in [4.69, 9.17) is 4.74 Å². The molecular formula is C15H19F2NO. The molecule has 1 aromatic rings. The molecule has 104 valence electrons. The highest BCUT2D eigenvalue weighted by atomic mass is 19.2. The summed E-state index contributed by atoms with van der Waals surface area (Å²) >= 11 is 0. The van der Waals surface area contributed by atoms with E-state index in [1.165, 1.54) is 18.9 Å². The zero-order chi connectivity index (χ0) is 13.4. The number of hydrogen-bond acceptors (Lipinski definition) is 2. The monoisotopic (exact) mass is 267 g/mol. The molecule has 3 rings (SSSR count). The van der Waals surface area contributed by atoms with Crippen molar-refractivity contribution in [2.45, 2.75) is 50.5 Å². The van der Waals surface area contributed by atoms with Gasteiger partial charge in [-0.15, -0.1) is 0 Å². The fourth-order valence-corrected chi connectivity index (χ4v) is 3.34. The van der Waals surface area contributed by atoms with Crippen molar-refractivity contribution in [1.82, 2.24) is 4.90 Å². The third kappa shape index (κ3) is 2.65. The Hall–Kier alpha value is -1.00. The van der Waals surface area contributed by atoms with Gasteiger partial charge < -0.3 is 9.64 Å². The standard InChI is InChI=1S/C15H19F2NO/c1-18-11-3-4-12(18)8-13(7-11)19-9-10-2-5-14(16)15(17)6-10/h2,5-6,11-13H,3-4,7-9H2,1H3/t11-,12+,13+. The Labute approximate surface area is 112 Å². The van der Waals surface area contributed by atoms with Crippen LogP contribution in [-0.4, -0.2) is 30.1 Å². The Morgan fingerprint density at radius 1 is 1.16 bits per heavy atom. The van der Waals surface area contributed by atoms with E-state index in [-0.39, 0.29) is 6.10 Å². The molecule has 4 heteroatoms. The van der Waals surface area contributed by atoms with E-state index in [1.807, 2.05) is 0 Å². The Bertz CT molecular complexity index is 451. The summed E-state index contributed by atoms with van der Waals surface area (Å²) < 4.78 is 31.8. The molecule has 0 aliphatic carbocycles. The molecule has 2 aliphatic heterocycles. The van der Waals surface area contributed by atoms with Gasteiger partial charge in [0, 0.05) is 12.1 Å². The number of piperidine rings is 1. The summed E-state index contributed by atoms with van der Waals surface area (Å²) in [5, 5.41) is 0. The molecule has 0 unspecified atom stereocenters. The van der Waals surface area contributed by atoms with Gasteiger partial charge in [0.2, 0.25) is 0 Å². The van der Waals surface area contributed by atoms with Crippen molar-refractivity contribution in [2.75, 3.05) is 7.05 Å². The van der Waals surface area contributed by atoms with E-state index in [1.54, 1.807) is 6.07 Å². The Kier molecular flexibility index (Phi) is 3.54. The van der Waals surface area contributed by atoms with E-state index in [0.29, 0.717) is 24.3 Å². The number of nitrogens with zero attached hydrogens (tertiary/aromatic N) is 1. The summed E-state index contributed by atoms with van der Waals surface area (Å²) in [6, 6.07) is 5.23. The Morgan fingerprint density at radius 2 is 1.84 bits per heavy atom. The van der Waals surface area contributed by atoms with Gasteiger partial charge in [-0.3, -0.25) is 0 Å². The average molecular weight is 267 g/mol. The number of hydrogen-bond donors (Lipinski definition) is 0. The molecule has 0 radical (unpaired) electrons. The predicted octanol–water partition coefficient (Wildman–Crippen LogP) is 3.11. The molecule has 2 fully saturated rings. The average Bonchev–Trinajstić information content (AvgIpc) is 2.64. The van der Waals surface area contributed by atoms with Crippen LogP contribution in [0, 0.1) is 11.6 Å². The van der Waals surface area contributed by atoms with Gasteiger partial charge in [-0.1, -0.05) is 6.07 Å². The summed E-state index contributed by atoms with van der Waals surface area (Å²) in [4.78, 5) is 2.46. The van der Waals surface area contributed by atoms with E-state index in [2.05, 4.69) is 11.9 Å². The van der Waals surface area contributed by atoms with Crippen LogP contribution in [0.15, 0.2) is 18.2 Å². The summed E-state index contributed by atoms with van der Waals surface area (Å²) in [7, 11) is 2.19. The number of benzene rings is 1. The smallest absolute Gasteiger partial charge is 0.159 e. The van der Waals surface area contributed by atoms with Gasteiger partial charge in [0.15, 0.2) is 11.6 Å². The predicted molar refractivity (Wildman–Crippen MR) is 68.7 cm³/mol. The molecule has 2 saturated heterocycles. The third-order valence-corrected chi connectivity index (χ3v) is 4.52. The van der Waals surface area contributed by atoms with Gasteiger partial charge in [-0.2, -0.15) is 0 Å². The topological polar surface area (TPSA) is 12.5 Å². The summed E-state index contributed by atoms with van der Waals surface area (Å²) in [6.07, 6.45) is 4.87. The molecule has 0 N–H and O–H groups in total. The molecule has 2 aliphatic rings. The van der Waals surface area contributed by atoms with Crippen molar-refractivity contribution in [2.24, 2.45) is 0 Å². The molecule has 2 nitrogen and oxygen atoms in total. The second-order valence-corrected chi connectivity index (χ2v) is 5.70. The SMILES string of the molecule is CN1[C@@H]2CC[C@H]1C[C@@H](OCc1ccc(F)c(F)c1)C2. The van der Waals surface area contributed by atoms with Crippen molar-refractivity contribution in [3.8, 4) is 0 Å². The molecule has 0 saturated carbocycles. The van der Waals surface area contributed by atoms with Crippen molar-refractivity contribution in [3.05, 3.63) is 35.4 Å². The van der Waals surface area contributed by atoms with E-state index >= 15 is 0 Å². The van der Waals surface area contributed by atoms with Crippen LogP contribution in [-0.2, 0) is 11.3 Å². The van der Waals surface area contributed by atoms with Crippen LogP contribution in [0.4, 0.5) is 8.78 Å². The molecule has 0 amide bonds. The molecular weight excluding hydrogens is 248 g/mol. The van der Waals surface area contributed by atoms with Crippen LogP contribution in [0.25, 0.3) is 0 Å². The second kappa shape index (κ2) is 5.17. The van der Waals surface area contributed by atoms with Crippen LogP contribution in [0.2, 0.25) is 0 Å². The fourth-order valence-electron chi connectivity index (χ4n) is 3.34. The first kappa shape index (κ1) is 13.0. The van der Waals surface area contributed by atoms with E-state index in [9.17, 15) is 8.78 Å². The molecule has 0 aromatic heterocycles. The van der Waals surface area contributed by atoms with E-state index in [0.717, 1.165) is 18.9 Å². The lowest BCUT2D eigenvalue weighted by Gasteiger charge is -2.36. The number of ether oxygens (including phenoxy) is 1. The van der Waals surface area contributed by atoms with Crippen molar-refractivity contribution in [1.29, 1.82) is 0 Å². The Morgan fingerprint density at radius 3 is 2.47 bits per heavy atom. The first-order chi connectivity index (χ1) is 9.13. The zero-order valence-corrected chi connectivity index (χ0v) is 11.1. The van der Waals surface area contributed by atoms with Crippen LogP contribution in [0.5, 0.6) is 0 Å². The third-order valence-electron chi connectivity index (χ3n) is 4.52. The minimum absolute atomic E-state index is 0.252. The van der Waals surface area contributed by atoms with Gasteiger partial charge >= 0.3 is 0 Å². The normalized spacial score (nSPS) is 30.8. The lowest BCUT2D eigenvalue weighted by atomic mass is 10.0. The van der Waals surface area contributed by atoms with Crippen LogP contribution >= 0.6 is 0 Å². The van der Waals surface area contributed by atoms with Gasteiger partial charge in [0.05, 0.1) is 12.7 Å². The van der Waals surface area contributed by atoms with Crippen LogP contribution in [0.3, 0.4) is 0 Å². The molecule has 2 heterocycles. The molecule has 3 atom stereocenters. The number of rotatable bonds is 3. The minimum Gasteiger partial charge on any atom is -0.373 e. The maximum absolute atomic E-state index is 13.1.